The van der Waals surface area contributed by atoms with Crippen LogP contribution in [0.15, 0.2) is 24.0 Å². The molecule has 1 heterocycles. The molecule has 0 saturated heterocycles. The van der Waals surface area contributed by atoms with E-state index in [0.717, 1.165) is 19.3 Å². The third kappa shape index (κ3) is 3.94. The van der Waals surface area contributed by atoms with Gasteiger partial charge in [0.2, 0.25) is 0 Å². The maximum atomic E-state index is 13.3. The highest BCUT2D eigenvalue weighted by Gasteiger charge is 2.52. The minimum atomic E-state index is -0.885. The summed E-state index contributed by atoms with van der Waals surface area (Å²) in [5.41, 5.74) is -0.728. The third-order valence-corrected chi connectivity index (χ3v) is 7.20. The summed E-state index contributed by atoms with van der Waals surface area (Å²) >= 11 is 12.4. The summed E-state index contributed by atoms with van der Waals surface area (Å²) < 4.78 is 12.0. The van der Waals surface area contributed by atoms with Crippen LogP contribution in [0.3, 0.4) is 0 Å². The van der Waals surface area contributed by atoms with E-state index in [1.54, 1.807) is 18.2 Å². The van der Waals surface area contributed by atoms with E-state index in [2.05, 4.69) is 0 Å². The summed E-state index contributed by atoms with van der Waals surface area (Å²) in [7, 11) is 0. The zero-order valence-corrected chi connectivity index (χ0v) is 18.8. The second-order valence-corrected chi connectivity index (χ2v) is 8.85. The quantitative estimate of drug-likeness (QED) is 0.462. The maximum absolute atomic E-state index is 13.3. The van der Waals surface area contributed by atoms with E-state index in [9.17, 15) is 9.59 Å². The minimum absolute atomic E-state index is 0.249. The Morgan fingerprint density at radius 3 is 2.28 bits per heavy atom. The number of carbonyl (C=O) groups excluding carboxylic acids is 2. The molecule has 1 aromatic rings. The summed E-state index contributed by atoms with van der Waals surface area (Å²) in [4.78, 5) is 26.3. The van der Waals surface area contributed by atoms with Crippen LogP contribution in [-0.2, 0) is 19.1 Å². The maximum Gasteiger partial charge on any atom is 0.343 e. The van der Waals surface area contributed by atoms with Gasteiger partial charge in [-0.2, -0.15) is 0 Å². The molecule has 0 aromatic heterocycles. The van der Waals surface area contributed by atoms with Crippen molar-refractivity contribution in [1.29, 1.82) is 0 Å². The summed E-state index contributed by atoms with van der Waals surface area (Å²) in [5, 5.41) is 0.803. The summed E-state index contributed by atoms with van der Waals surface area (Å²) in [6.45, 7) is 5.98. The Bertz CT molecular complexity index is 825. The number of esters is 2. The van der Waals surface area contributed by atoms with Crippen molar-refractivity contribution in [3.8, 4) is 0 Å². The van der Waals surface area contributed by atoms with Gasteiger partial charge in [-0.25, -0.2) is 4.79 Å². The van der Waals surface area contributed by atoms with Crippen LogP contribution >= 0.6 is 23.2 Å². The topological polar surface area (TPSA) is 52.6 Å². The highest BCUT2D eigenvalue weighted by Crippen LogP contribution is 2.49. The average molecular weight is 439 g/mol. The molecule has 0 atom stereocenters. The lowest BCUT2D eigenvalue weighted by Crippen LogP contribution is -2.39. The molecule has 29 heavy (non-hydrogen) atoms. The number of benzene rings is 1. The second-order valence-electron chi connectivity index (χ2n) is 8.00. The lowest BCUT2D eigenvalue weighted by atomic mass is 9.79. The predicted octanol–water partition coefficient (Wildman–Crippen LogP) is 6.72. The van der Waals surface area contributed by atoms with Crippen molar-refractivity contribution in [3.05, 3.63) is 39.6 Å². The molecule has 3 rings (SSSR count). The van der Waals surface area contributed by atoms with E-state index in [1.807, 2.05) is 20.8 Å². The molecule has 2 aliphatic rings. The van der Waals surface area contributed by atoms with Gasteiger partial charge < -0.3 is 9.47 Å². The first-order valence-electron chi connectivity index (χ1n) is 10.5. The van der Waals surface area contributed by atoms with Gasteiger partial charge in [0.05, 0.1) is 10.4 Å². The molecular formula is C23H28Cl2O4. The third-order valence-electron chi connectivity index (χ3n) is 6.65. The van der Waals surface area contributed by atoms with Crippen LogP contribution in [0, 0.1) is 5.41 Å². The van der Waals surface area contributed by atoms with Crippen LogP contribution in [0.4, 0.5) is 0 Å². The Morgan fingerprint density at radius 1 is 1.10 bits per heavy atom. The van der Waals surface area contributed by atoms with Crippen molar-refractivity contribution in [2.24, 2.45) is 5.41 Å². The van der Waals surface area contributed by atoms with Crippen LogP contribution in [-0.4, -0.2) is 17.5 Å². The number of hydrogen-bond acceptors (Lipinski definition) is 4. The summed E-state index contributed by atoms with van der Waals surface area (Å²) in [6.07, 6.45) is 6.20. The van der Waals surface area contributed by atoms with E-state index >= 15 is 0 Å². The highest BCUT2D eigenvalue weighted by atomic mass is 35.5. The van der Waals surface area contributed by atoms with Crippen LogP contribution in [0.1, 0.15) is 77.7 Å². The molecule has 0 N–H and O–H groups in total. The molecule has 0 unspecified atom stereocenters. The minimum Gasteiger partial charge on any atom is -0.447 e. The highest BCUT2D eigenvalue weighted by molar-refractivity contribution is 6.37. The second kappa shape index (κ2) is 8.69. The van der Waals surface area contributed by atoms with Crippen LogP contribution < -0.4 is 0 Å². The average Bonchev–Trinajstić information content (AvgIpc) is 2.95. The van der Waals surface area contributed by atoms with Crippen molar-refractivity contribution in [2.75, 3.05) is 0 Å². The van der Waals surface area contributed by atoms with Gasteiger partial charge in [0.15, 0.2) is 11.4 Å². The monoisotopic (exact) mass is 438 g/mol. The van der Waals surface area contributed by atoms with E-state index in [-0.39, 0.29) is 11.5 Å². The van der Waals surface area contributed by atoms with Crippen molar-refractivity contribution in [1.82, 2.24) is 0 Å². The van der Waals surface area contributed by atoms with E-state index < -0.39 is 17.0 Å². The molecule has 158 valence electrons. The van der Waals surface area contributed by atoms with Gasteiger partial charge in [0.1, 0.15) is 5.57 Å². The van der Waals surface area contributed by atoms with Crippen molar-refractivity contribution in [3.63, 3.8) is 0 Å². The molecule has 1 spiro atoms. The van der Waals surface area contributed by atoms with Gasteiger partial charge in [0, 0.05) is 10.6 Å². The van der Waals surface area contributed by atoms with Gasteiger partial charge in [-0.1, -0.05) is 56.5 Å². The Morgan fingerprint density at radius 2 is 1.72 bits per heavy atom. The van der Waals surface area contributed by atoms with Crippen molar-refractivity contribution < 1.29 is 19.1 Å². The largest absolute Gasteiger partial charge is 0.447 e. The number of halogens is 2. The van der Waals surface area contributed by atoms with E-state index in [1.165, 1.54) is 0 Å². The Hall–Kier alpha value is -1.52. The number of hydrogen-bond donors (Lipinski definition) is 0. The molecule has 6 heteroatoms. The lowest BCUT2D eigenvalue weighted by molar-refractivity contribution is -0.162. The molecule has 1 saturated carbocycles. The fraction of sp³-hybridized carbons (Fsp3) is 0.565. The molecule has 1 aliphatic carbocycles. The standard InChI is InChI=1S/C23H28Cl2O4/c1-4-22(5-2,6-3)21(27)28-19-18(16-11-10-15(24)14-17(16)25)20(26)29-23(19)12-8-7-9-13-23/h10-11,14H,4-9,12-13H2,1-3H3. The van der Waals surface area contributed by atoms with Crippen LogP contribution in [0.2, 0.25) is 10.0 Å². The predicted molar refractivity (Wildman–Crippen MR) is 115 cm³/mol. The number of ether oxygens (including phenoxy) is 2. The van der Waals surface area contributed by atoms with E-state index in [0.29, 0.717) is 53.5 Å². The SMILES string of the molecule is CCC(CC)(CC)C(=O)OC1=C(c2ccc(Cl)cc2Cl)C(=O)OC12CCCCC2. The van der Waals surface area contributed by atoms with Gasteiger partial charge in [-0.3, -0.25) is 4.79 Å². The van der Waals surface area contributed by atoms with Crippen molar-refractivity contribution >= 4 is 40.7 Å². The van der Waals surface area contributed by atoms with Crippen LogP contribution in [0.25, 0.3) is 5.57 Å². The first kappa shape index (κ1) is 22.2. The molecule has 1 aliphatic heterocycles. The van der Waals surface area contributed by atoms with Gasteiger partial charge in [0.25, 0.3) is 0 Å². The van der Waals surface area contributed by atoms with Crippen molar-refractivity contribution in [2.45, 2.75) is 77.7 Å². The smallest absolute Gasteiger partial charge is 0.343 e. The normalized spacial score (nSPS) is 18.9. The fourth-order valence-corrected chi connectivity index (χ4v) is 5.00. The zero-order chi connectivity index (χ0) is 21.2. The van der Waals surface area contributed by atoms with Crippen LogP contribution in [0.5, 0.6) is 0 Å². The molecular weight excluding hydrogens is 411 g/mol. The molecule has 0 bridgehead atoms. The zero-order valence-electron chi connectivity index (χ0n) is 17.3. The Balaban J connectivity index is 2.14. The lowest BCUT2D eigenvalue weighted by Gasteiger charge is -2.35. The number of rotatable bonds is 6. The number of carbonyl (C=O) groups is 2. The molecule has 0 radical (unpaired) electrons. The Kier molecular flexibility index (Phi) is 6.64. The molecule has 1 aromatic carbocycles. The van der Waals surface area contributed by atoms with Gasteiger partial charge >= 0.3 is 11.9 Å². The Labute approximate surface area is 182 Å². The van der Waals surface area contributed by atoms with Gasteiger partial charge in [-0.05, 0) is 57.1 Å². The first-order valence-corrected chi connectivity index (χ1v) is 11.2. The first-order chi connectivity index (χ1) is 13.8. The van der Waals surface area contributed by atoms with Gasteiger partial charge in [-0.15, -0.1) is 0 Å². The summed E-state index contributed by atoms with van der Waals surface area (Å²) in [5.74, 6) is -0.462. The molecule has 0 amide bonds. The van der Waals surface area contributed by atoms with E-state index in [4.69, 9.17) is 32.7 Å². The fourth-order valence-electron chi connectivity index (χ4n) is 4.50. The molecule has 1 fully saturated rings. The summed E-state index contributed by atoms with van der Waals surface area (Å²) in [6, 6.07) is 4.94. The molecule has 4 nitrogen and oxygen atoms in total.